The van der Waals surface area contributed by atoms with Gasteiger partial charge in [-0.2, -0.15) is 0 Å². The van der Waals surface area contributed by atoms with Crippen molar-refractivity contribution >= 4 is 23.6 Å². The third kappa shape index (κ3) is 5.83. The van der Waals surface area contributed by atoms with Gasteiger partial charge in [0, 0.05) is 43.3 Å². The molecule has 1 aliphatic heterocycles. The Morgan fingerprint density at radius 1 is 1.18 bits per heavy atom. The van der Waals surface area contributed by atoms with Gasteiger partial charge >= 0.3 is 0 Å². The van der Waals surface area contributed by atoms with Crippen LogP contribution in [0.1, 0.15) is 29.4 Å². The Kier molecular flexibility index (Phi) is 7.15. The number of carbonyl (C=O) groups is 1. The largest absolute Gasteiger partial charge is 0.334 e. The standard InChI is InChI=1S/C24H26ClFN6O/c1-17-14-30(15-19-3-8-23(26)9-4-19)11-12-31(17)24(33)10-6-20-5-7-22(25)13-21(20)16-32-18(2)27-28-29-32/h3-10,13,17H,11-12,14-16H2,1-2H3/b10-6+/t17-/m1/s1. The van der Waals surface area contributed by atoms with Crippen molar-refractivity contribution < 1.29 is 9.18 Å². The second-order valence-electron chi connectivity index (χ2n) is 8.30. The Bertz CT molecular complexity index is 1150. The summed E-state index contributed by atoms with van der Waals surface area (Å²) in [4.78, 5) is 17.1. The van der Waals surface area contributed by atoms with Crippen LogP contribution in [0.5, 0.6) is 0 Å². The summed E-state index contributed by atoms with van der Waals surface area (Å²) in [6.07, 6.45) is 3.44. The molecule has 4 rings (SSSR count). The van der Waals surface area contributed by atoms with Crippen LogP contribution in [0, 0.1) is 12.7 Å². The molecule has 172 valence electrons. The zero-order chi connectivity index (χ0) is 23.4. The van der Waals surface area contributed by atoms with Gasteiger partial charge in [-0.3, -0.25) is 9.69 Å². The Balaban J connectivity index is 1.40. The summed E-state index contributed by atoms with van der Waals surface area (Å²) in [5, 5.41) is 12.2. The number of carbonyl (C=O) groups excluding carboxylic acids is 1. The highest BCUT2D eigenvalue weighted by Gasteiger charge is 2.26. The van der Waals surface area contributed by atoms with Gasteiger partial charge in [0.2, 0.25) is 5.91 Å². The van der Waals surface area contributed by atoms with E-state index in [9.17, 15) is 9.18 Å². The fraction of sp³-hybridized carbons (Fsp3) is 0.333. The van der Waals surface area contributed by atoms with E-state index in [0.717, 1.165) is 36.3 Å². The lowest BCUT2D eigenvalue weighted by molar-refractivity contribution is -0.130. The molecule has 3 aromatic rings. The number of halogens is 2. The van der Waals surface area contributed by atoms with E-state index in [0.29, 0.717) is 23.9 Å². The minimum Gasteiger partial charge on any atom is -0.334 e. The molecular weight excluding hydrogens is 443 g/mol. The summed E-state index contributed by atoms with van der Waals surface area (Å²) in [7, 11) is 0. The first-order valence-electron chi connectivity index (χ1n) is 10.9. The molecule has 33 heavy (non-hydrogen) atoms. The Morgan fingerprint density at radius 2 is 1.97 bits per heavy atom. The van der Waals surface area contributed by atoms with Crippen LogP contribution in [0.4, 0.5) is 4.39 Å². The molecular formula is C24H26ClFN6O. The van der Waals surface area contributed by atoms with E-state index >= 15 is 0 Å². The molecule has 0 spiro atoms. The molecule has 1 fully saturated rings. The second kappa shape index (κ2) is 10.2. The predicted octanol–water partition coefficient (Wildman–Crippen LogP) is 3.57. The Hall–Kier alpha value is -3.10. The van der Waals surface area contributed by atoms with Crippen molar-refractivity contribution in [3.05, 3.63) is 81.9 Å². The van der Waals surface area contributed by atoms with Crippen LogP contribution in [-0.4, -0.2) is 61.6 Å². The zero-order valence-corrected chi connectivity index (χ0v) is 19.4. The molecule has 2 heterocycles. The number of hydrogen-bond donors (Lipinski definition) is 0. The molecule has 1 aliphatic rings. The molecule has 7 nitrogen and oxygen atoms in total. The van der Waals surface area contributed by atoms with Crippen LogP contribution in [0.3, 0.4) is 0 Å². The first-order valence-corrected chi connectivity index (χ1v) is 11.2. The van der Waals surface area contributed by atoms with Gasteiger partial charge < -0.3 is 4.90 Å². The van der Waals surface area contributed by atoms with Gasteiger partial charge in [-0.05, 0) is 71.3 Å². The topological polar surface area (TPSA) is 67.2 Å². The minimum absolute atomic E-state index is 0.0246. The minimum atomic E-state index is -0.230. The van der Waals surface area contributed by atoms with E-state index in [1.807, 2.05) is 30.0 Å². The summed E-state index contributed by atoms with van der Waals surface area (Å²) in [6, 6.07) is 12.2. The van der Waals surface area contributed by atoms with Crippen LogP contribution in [0.25, 0.3) is 6.08 Å². The van der Waals surface area contributed by atoms with Gasteiger partial charge in [0.25, 0.3) is 0 Å². The molecule has 1 saturated heterocycles. The molecule has 0 unspecified atom stereocenters. The lowest BCUT2D eigenvalue weighted by atomic mass is 10.1. The first kappa shape index (κ1) is 23.1. The van der Waals surface area contributed by atoms with E-state index in [2.05, 4.69) is 27.3 Å². The number of amides is 1. The maximum atomic E-state index is 13.1. The SMILES string of the molecule is Cc1nnnn1Cc1cc(Cl)ccc1/C=C/C(=O)N1CCN(Cc2ccc(F)cc2)C[C@H]1C. The van der Waals surface area contributed by atoms with Gasteiger partial charge in [0.15, 0.2) is 0 Å². The van der Waals surface area contributed by atoms with E-state index in [1.54, 1.807) is 29.0 Å². The van der Waals surface area contributed by atoms with Crippen molar-refractivity contribution in [1.29, 1.82) is 0 Å². The first-order chi connectivity index (χ1) is 15.9. The van der Waals surface area contributed by atoms with Gasteiger partial charge in [-0.15, -0.1) is 5.10 Å². The van der Waals surface area contributed by atoms with Crippen LogP contribution in [-0.2, 0) is 17.9 Å². The number of aryl methyl sites for hydroxylation is 1. The second-order valence-corrected chi connectivity index (χ2v) is 8.74. The van der Waals surface area contributed by atoms with Crippen molar-refractivity contribution in [2.75, 3.05) is 19.6 Å². The average Bonchev–Trinajstić information content (AvgIpc) is 3.19. The molecule has 1 amide bonds. The molecule has 1 aromatic heterocycles. The van der Waals surface area contributed by atoms with E-state index in [4.69, 9.17) is 11.6 Å². The molecule has 0 N–H and O–H groups in total. The fourth-order valence-corrected chi connectivity index (χ4v) is 4.23. The van der Waals surface area contributed by atoms with Crippen LogP contribution >= 0.6 is 11.6 Å². The number of aromatic nitrogens is 4. The van der Waals surface area contributed by atoms with Gasteiger partial charge in [-0.25, -0.2) is 9.07 Å². The highest BCUT2D eigenvalue weighted by molar-refractivity contribution is 6.30. The Labute approximate surface area is 197 Å². The zero-order valence-electron chi connectivity index (χ0n) is 18.7. The number of benzene rings is 2. The summed E-state index contributed by atoms with van der Waals surface area (Å²) < 4.78 is 14.8. The molecule has 0 aliphatic carbocycles. The molecule has 9 heteroatoms. The maximum absolute atomic E-state index is 13.1. The van der Waals surface area contributed by atoms with E-state index in [-0.39, 0.29) is 17.8 Å². The predicted molar refractivity (Wildman–Crippen MR) is 125 cm³/mol. The number of tetrazole rings is 1. The van der Waals surface area contributed by atoms with Crippen molar-refractivity contribution in [3.8, 4) is 0 Å². The Morgan fingerprint density at radius 3 is 2.67 bits per heavy atom. The van der Waals surface area contributed by atoms with Crippen molar-refractivity contribution in [2.24, 2.45) is 0 Å². The normalized spacial score (nSPS) is 17.1. The quantitative estimate of drug-likeness (QED) is 0.517. The number of piperazine rings is 1. The lowest BCUT2D eigenvalue weighted by Gasteiger charge is -2.39. The van der Waals surface area contributed by atoms with E-state index < -0.39 is 0 Å². The van der Waals surface area contributed by atoms with E-state index in [1.165, 1.54) is 12.1 Å². The molecule has 0 bridgehead atoms. The smallest absolute Gasteiger partial charge is 0.246 e. The molecule has 0 saturated carbocycles. The molecule has 0 radical (unpaired) electrons. The molecule has 2 aromatic carbocycles. The van der Waals surface area contributed by atoms with Gasteiger partial charge in [-0.1, -0.05) is 29.8 Å². The third-order valence-electron chi connectivity index (χ3n) is 5.86. The summed E-state index contributed by atoms with van der Waals surface area (Å²) >= 11 is 6.20. The summed E-state index contributed by atoms with van der Waals surface area (Å²) in [5.74, 6) is 0.447. The van der Waals surface area contributed by atoms with Crippen molar-refractivity contribution in [1.82, 2.24) is 30.0 Å². The monoisotopic (exact) mass is 468 g/mol. The van der Waals surface area contributed by atoms with Crippen molar-refractivity contribution in [3.63, 3.8) is 0 Å². The number of hydrogen-bond acceptors (Lipinski definition) is 5. The lowest BCUT2D eigenvalue weighted by Crippen LogP contribution is -2.53. The number of nitrogens with zero attached hydrogens (tertiary/aromatic N) is 6. The highest BCUT2D eigenvalue weighted by atomic mass is 35.5. The average molecular weight is 469 g/mol. The van der Waals surface area contributed by atoms with Gasteiger partial charge in [0.1, 0.15) is 11.6 Å². The summed E-state index contributed by atoms with van der Waals surface area (Å²) in [6.45, 7) is 7.27. The fourth-order valence-electron chi connectivity index (χ4n) is 4.04. The molecule has 1 atom stereocenters. The summed E-state index contributed by atoms with van der Waals surface area (Å²) in [5.41, 5.74) is 2.89. The van der Waals surface area contributed by atoms with Crippen LogP contribution in [0.2, 0.25) is 5.02 Å². The highest BCUT2D eigenvalue weighted by Crippen LogP contribution is 2.20. The van der Waals surface area contributed by atoms with Gasteiger partial charge in [0.05, 0.1) is 6.54 Å². The van der Waals surface area contributed by atoms with Crippen molar-refractivity contribution in [2.45, 2.75) is 33.0 Å². The number of rotatable bonds is 6. The van der Waals surface area contributed by atoms with Crippen LogP contribution in [0.15, 0.2) is 48.5 Å². The van der Waals surface area contributed by atoms with Crippen LogP contribution < -0.4 is 0 Å². The third-order valence-corrected chi connectivity index (χ3v) is 6.09. The maximum Gasteiger partial charge on any atom is 0.246 e.